The molecule has 1 aliphatic heterocycles. The lowest BCUT2D eigenvalue weighted by Crippen LogP contribution is -2.37. The molecule has 86 valence electrons. The van der Waals surface area contributed by atoms with Crippen molar-refractivity contribution in [3.63, 3.8) is 0 Å². The Labute approximate surface area is 96.6 Å². The Morgan fingerprint density at radius 1 is 1.00 bits per heavy atom. The second-order valence-corrected chi connectivity index (χ2v) is 4.87. The average molecular weight is 218 g/mol. The predicted octanol–water partition coefficient (Wildman–Crippen LogP) is 3.43. The van der Waals surface area contributed by atoms with Crippen LogP contribution >= 0.6 is 0 Å². The summed E-state index contributed by atoms with van der Waals surface area (Å²) in [5.41, 5.74) is 1.27. The normalized spacial score (nSPS) is 28.4. The molecule has 1 atom stereocenters. The zero-order valence-electron chi connectivity index (χ0n) is 9.52. The zero-order valence-corrected chi connectivity index (χ0v) is 9.52. The van der Waals surface area contributed by atoms with Crippen LogP contribution in [0.3, 0.4) is 0 Å². The third-order valence-electron chi connectivity index (χ3n) is 3.77. The van der Waals surface area contributed by atoms with Gasteiger partial charge in [-0.05, 0) is 12.8 Å². The van der Waals surface area contributed by atoms with Crippen molar-refractivity contribution >= 4 is 0 Å². The summed E-state index contributed by atoms with van der Waals surface area (Å²) in [5.74, 6) is 0. The molecule has 2 aliphatic rings. The molecule has 1 aliphatic carbocycles. The Morgan fingerprint density at radius 3 is 2.50 bits per heavy atom. The van der Waals surface area contributed by atoms with Gasteiger partial charge in [0.05, 0.1) is 12.2 Å². The number of hydrogen-bond acceptors (Lipinski definition) is 2. The molecule has 1 aromatic carbocycles. The molecule has 3 rings (SSSR count). The molecular formula is C14H18O2. The fourth-order valence-corrected chi connectivity index (χ4v) is 2.83. The van der Waals surface area contributed by atoms with Crippen LogP contribution in [0.25, 0.3) is 0 Å². The van der Waals surface area contributed by atoms with Gasteiger partial charge >= 0.3 is 0 Å². The highest BCUT2D eigenvalue weighted by molar-refractivity contribution is 5.16. The van der Waals surface area contributed by atoms with Crippen LogP contribution < -0.4 is 0 Å². The number of hydrogen-bond donors (Lipinski definition) is 0. The van der Waals surface area contributed by atoms with Gasteiger partial charge in [0.25, 0.3) is 0 Å². The molecule has 1 heterocycles. The third-order valence-corrected chi connectivity index (χ3v) is 3.77. The van der Waals surface area contributed by atoms with Crippen molar-refractivity contribution in [2.75, 3.05) is 6.61 Å². The lowest BCUT2D eigenvalue weighted by atomic mass is 9.97. The van der Waals surface area contributed by atoms with Crippen molar-refractivity contribution in [3.05, 3.63) is 35.9 Å². The van der Waals surface area contributed by atoms with Crippen LogP contribution in [0.2, 0.25) is 0 Å². The molecule has 1 saturated carbocycles. The summed E-state index contributed by atoms with van der Waals surface area (Å²) in [5, 5.41) is 0. The minimum Gasteiger partial charge on any atom is -0.348 e. The molecule has 0 N–H and O–H groups in total. The highest BCUT2D eigenvalue weighted by Gasteiger charge is 2.40. The molecule has 2 nitrogen and oxygen atoms in total. The summed E-state index contributed by atoms with van der Waals surface area (Å²) in [6, 6.07) is 10.3. The van der Waals surface area contributed by atoms with Crippen LogP contribution in [-0.2, 0) is 9.47 Å². The van der Waals surface area contributed by atoms with Gasteiger partial charge in [-0.1, -0.05) is 43.2 Å². The summed E-state index contributed by atoms with van der Waals surface area (Å²) in [4.78, 5) is 0. The van der Waals surface area contributed by atoms with E-state index in [2.05, 4.69) is 12.1 Å². The molecule has 0 aromatic heterocycles. The molecule has 0 bridgehead atoms. The van der Waals surface area contributed by atoms with Gasteiger partial charge in [0.15, 0.2) is 6.29 Å². The molecule has 0 amide bonds. The van der Waals surface area contributed by atoms with E-state index in [9.17, 15) is 0 Å². The van der Waals surface area contributed by atoms with Crippen LogP contribution in [0, 0.1) is 0 Å². The van der Waals surface area contributed by atoms with Gasteiger partial charge < -0.3 is 9.47 Å². The highest BCUT2D eigenvalue weighted by Crippen LogP contribution is 2.43. The van der Waals surface area contributed by atoms with Crippen LogP contribution in [-0.4, -0.2) is 12.2 Å². The summed E-state index contributed by atoms with van der Waals surface area (Å²) in [7, 11) is 0. The first-order valence-electron chi connectivity index (χ1n) is 6.22. The predicted molar refractivity (Wildman–Crippen MR) is 62.0 cm³/mol. The summed E-state index contributed by atoms with van der Waals surface area (Å²) < 4.78 is 11.9. The first-order valence-corrected chi connectivity index (χ1v) is 6.22. The lowest BCUT2D eigenvalue weighted by molar-refractivity contribution is -0.259. The van der Waals surface area contributed by atoms with E-state index in [-0.39, 0.29) is 11.9 Å². The third kappa shape index (κ3) is 1.87. The molecule has 1 saturated heterocycles. The Kier molecular flexibility index (Phi) is 2.70. The van der Waals surface area contributed by atoms with Crippen LogP contribution in [0.5, 0.6) is 0 Å². The van der Waals surface area contributed by atoms with Gasteiger partial charge in [0, 0.05) is 12.0 Å². The summed E-state index contributed by atoms with van der Waals surface area (Å²) in [6.07, 6.45) is 5.95. The maximum atomic E-state index is 6.20. The monoisotopic (exact) mass is 218 g/mol. The molecule has 2 fully saturated rings. The number of benzene rings is 1. The topological polar surface area (TPSA) is 18.5 Å². The molecular weight excluding hydrogens is 200 g/mol. The van der Waals surface area contributed by atoms with Crippen LogP contribution in [0.1, 0.15) is 44.0 Å². The molecule has 1 aromatic rings. The fraction of sp³-hybridized carbons (Fsp3) is 0.571. The first kappa shape index (κ1) is 10.3. The van der Waals surface area contributed by atoms with Gasteiger partial charge in [-0.15, -0.1) is 0 Å². The summed E-state index contributed by atoms with van der Waals surface area (Å²) >= 11 is 0. The summed E-state index contributed by atoms with van der Waals surface area (Å²) in [6.45, 7) is 0.833. The van der Waals surface area contributed by atoms with Gasteiger partial charge in [0.1, 0.15) is 0 Å². The fourth-order valence-electron chi connectivity index (χ4n) is 2.83. The van der Waals surface area contributed by atoms with Gasteiger partial charge in [-0.3, -0.25) is 0 Å². The van der Waals surface area contributed by atoms with Gasteiger partial charge in [-0.2, -0.15) is 0 Å². The average Bonchev–Trinajstić information content (AvgIpc) is 2.78. The second kappa shape index (κ2) is 4.19. The Morgan fingerprint density at radius 2 is 1.75 bits per heavy atom. The quantitative estimate of drug-likeness (QED) is 0.719. The molecule has 1 unspecified atom stereocenters. The van der Waals surface area contributed by atoms with E-state index in [1.807, 2.05) is 18.2 Å². The van der Waals surface area contributed by atoms with E-state index in [1.165, 1.54) is 25.7 Å². The van der Waals surface area contributed by atoms with Crippen molar-refractivity contribution in [1.29, 1.82) is 0 Å². The van der Waals surface area contributed by atoms with E-state index in [0.29, 0.717) is 0 Å². The highest BCUT2D eigenvalue weighted by atomic mass is 16.7. The minimum absolute atomic E-state index is 0.124. The Hall–Kier alpha value is -0.860. The maximum Gasteiger partial charge on any atom is 0.184 e. The number of rotatable bonds is 1. The van der Waals surface area contributed by atoms with Crippen molar-refractivity contribution in [2.45, 2.75) is 44.0 Å². The van der Waals surface area contributed by atoms with Crippen molar-refractivity contribution in [2.24, 2.45) is 0 Å². The largest absolute Gasteiger partial charge is 0.348 e. The van der Waals surface area contributed by atoms with Crippen molar-refractivity contribution in [1.82, 2.24) is 0 Å². The molecule has 1 spiro atoms. The van der Waals surface area contributed by atoms with Crippen molar-refractivity contribution in [3.8, 4) is 0 Å². The Bertz CT molecular complexity index is 341. The zero-order chi connectivity index (χ0) is 10.8. The molecule has 16 heavy (non-hydrogen) atoms. The SMILES string of the molecule is c1ccc(C2OCCC3(CCCC3)O2)cc1. The van der Waals surface area contributed by atoms with E-state index in [0.717, 1.165) is 18.6 Å². The smallest absolute Gasteiger partial charge is 0.184 e. The maximum absolute atomic E-state index is 6.20. The minimum atomic E-state index is -0.145. The second-order valence-electron chi connectivity index (χ2n) is 4.87. The van der Waals surface area contributed by atoms with Crippen LogP contribution in [0.4, 0.5) is 0 Å². The van der Waals surface area contributed by atoms with E-state index < -0.39 is 0 Å². The van der Waals surface area contributed by atoms with Gasteiger partial charge in [0.2, 0.25) is 0 Å². The lowest BCUT2D eigenvalue weighted by Gasteiger charge is -2.38. The van der Waals surface area contributed by atoms with Gasteiger partial charge in [-0.25, -0.2) is 0 Å². The first-order chi connectivity index (χ1) is 7.88. The van der Waals surface area contributed by atoms with E-state index in [1.54, 1.807) is 0 Å². The molecule has 2 heteroatoms. The molecule has 0 radical (unpaired) electrons. The standard InChI is InChI=1S/C14H18O2/c1-2-6-12(7-3-1)13-15-11-10-14(16-13)8-4-5-9-14/h1-3,6-7,13H,4-5,8-11H2. The van der Waals surface area contributed by atoms with E-state index in [4.69, 9.17) is 9.47 Å². The van der Waals surface area contributed by atoms with E-state index >= 15 is 0 Å². The van der Waals surface area contributed by atoms with Crippen molar-refractivity contribution < 1.29 is 9.47 Å². The Balaban J connectivity index is 1.77. The van der Waals surface area contributed by atoms with Crippen LogP contribution in [0.15, 0.2) is 30.3 Å². The number of ether oxygens (including phenoxy) is 2.